The predicted molar refractivity (Wildman–Crippen MR) is 73.4 cm³/mol. The monoisotopic (exact) mass is 263 g/mol. The molecule has 2 atom stereocenters. The highest BCUT2D eigenvalue weighted by molar-refractivity contribution is 5.85. The number of aromatic carboxylic acids is 1. The maximum Gasteiger partial charge on any atom is 0.354 e. The quantitative estimate of drug-likeness (QED) is 0.820. The van der Waals surface area contributed by atoms with Crippen molar-refractivity contribution in [3.8, 4) is 0 Å². The minimum absolute atomic E-state index is 0.0528. The van der Waals surface area contributed by atoms with E-state index in [1.54, 1.807) is 6.92 Å². The maximum atomic E-state index is 11.0. The number of aryl methyl sites for hydroxylation is 1. The highest BCUT2D eigenvalue weighted by Crippen LogP contribution is 2.24. The van der Waals surface area contributed by atoms with Gasteiger partial charge in [-0.25, -0.2) is 14.8 Å². The fourth-order valence-electron chi connectivity index (χ4n) is 2.56. The van der Waals surface area contributed by atoms with Crippen LogP contribution < -0.4 is 5.32 Å². The Bertz CT molecular complexity index is 462. The molecule has 1 heterocycles. The molecule has 1 fully saturated rings. The zero-order chi connectivity index (χ0) is 13.8. The molecule has 5 nitrogen and oxygen atoms in total. The molecule has 0 aromatic carbocycles. The van der Waals surface area contributed by atoms with E-state index >= 15 is 0 Å². The molecule has 2 N–H and O–H groups in total. The Morgan fingerprint density at radius 3 is 2.84 bits per heavy atom. The largest absolute Gasteiger partial charge is 0.477 e. The van der Waals surface area contributed by atoms with Gasteiger partial charge in [-0.05, 0) is 38.2 Å². The van der Waals surface area contributed by atoms with Crippen LogP contribution in [0, 0.1) is 12.8 Å². The third-order valence-electron chi connectivity index (χ3n) is 3.66. The summed E-state index contributed by atoms with van der Waals surface area (Å²) in [5, 5.41) is 12.3. The minimum Gasteiger partial charge on any atom is -0.477 e. The van der Waals surface area contributed by atoms with Gasteiger partial charge in [-0.15, -0.1) is 0 Å². The number of hydrogen-bond acceptors (Lipinski definition) is 4. The summed E-state index contributed by atoms with van der Waals surface area (Å²) in [4.78, 5) is 19.3. The van der Waals surface area contributed by atoms with Crippen molar-refractivity contribution in [2.75, 3.05) is 5.32 Å². The first-order valence-corrected chi connectivity index (χ1v) is 6.90. The van der Waals surface area contributed by atoms with Gasteiger partial charge in [-0.2, -0.15) is 0 Å². The number of carboxylic acids is 1. The number of anilines is 1. The Labute approximate surface area is 113 Å². The lowest BCUT2D eigenvalue weighted by Crippen LogP contribution is -2.21. The average molecular weight is 263 g/mol. The van der Waals surface area contributed by atoms with Crippen LogP contribution >= 0.6 is 0 Å². The topological polar surface area (TPSA) is 75.1 Å². The van der Waals surface area contributed by atoms with E-state index in [4.69, 9.17) is 5.11 Å². The van der Waals surface area contributed by atoms with E-state index in [1.165, 1.54) is 25.3 Å². The van der Waals surface area contributed by atoms with E-state index in [-0.39, 0.29) is 5.69 Å². The molecule has 104 valence electrons. The van der Waals surface area contributed by atoms with Gasteiger partial charge in [0, 0.05) is 11.7 Å². The van der Waals surface area contributed by atoms with Crippen LogP contribution in [0.5, 0.6) is 0 Å². The summed E-state index contributed by atoms with van der Waals surface area (Å²) < 4.78 is 0. The maximum absolute atomic E-state index is 11.0. The second-order valence-electron chi connectivity index (χ2n) is 5.48. The highest BCUT2D eigenvalue weighted by atomic mass is 16.4. The van der Waals surface area contributed by atoms with Gasteiger partial charge in [0.2, 0.25) is 5.95 Å². The van der Waals surface area contributed by atoms with Crippen LogP contribution in [0.15, 0.2) is 6.07 Å². The van der Waals surface area contributed by atoms with Gasteiger partial charge in [0.25, 0.3) is 0 Å². The first-order valence-electron chi connectivity index (χ1n) is 6.90. The number of aromatic nitrogens is 2. The Hall–Kier alpha value is -1.65. The molecule has 2 unspecified atom stereocenters. The van der Waals surface area contributed by atoms with Crippen LogP contribution in [0.4, 0.5) is 5.95 Å². The molecule has 1 aliphatic carbocycles. The van der Waals surface area contributed by atoms with Crippen LogP contribution in [0.25, 0.3) is 0 Å². The molecular weight excluding hydrogens is 242 g/mol. The van der Waals surface area contributed by atoms with E-state index in [1.807, 2.05) is 0 Å². The van der Waals surface area contributed by atoms with E-state index in [0.717, 1.165) is 18.8 Å². The van der Waals surface area contributed by atoms with Crippen molar-refractivity contribution >= 4 is 11.9 Å². The molecule has 1 aliphatic rings. The van der Waals surface area contributed by atoms with E-state index in [0.29, 0.717) is 17.7 Å². The molecule has 1 aromatic rings. The van der Waals surface area contributed by atoms with Crippen molar-refractivity contribution in [1.82, 2.24) is 9.97 Å². The van der Waals surface area contributed by atoms with Gasteiger partial charge in [-0.3, -0.25) is 0 Å². The highest BCUT2D eigenvalue weighted by Gasteiger charge is 2.17. The summed E-state index contributed by atoms with van der Waals surface area (Å²) in [6, 6.07) is 1.84. The summed E-state index contributed by atoms with van der Waals surface area (Å²) in [5.41, 5.74) is 0.730. The number of carbonyl (C=O) groups is 1. The van der Waals surface area contributed by atoms with Crippen molar-refractivity contribution in [2.45, 2.75) is 52.0 Å². The standard InChI is InChI=1S/C14H21N3O2/c1-9-4-3-5-11(7-6-9)16-14-15-10(2)8-12(17-14)13(18)19/h8-9,11H,3-7H2,1-2H3,(H,18,19)(H,15,16,17). The lowest BCUT2D eigenvalue weighted by molar-refractivity contribution is 0.0690. The molecule has 2 rings (SSSR count). The summed E-state index contributed by atoms with van der Waals surface area (Å²) >= 11 is 0. The fraction of sp³-hybridized carbons (Fsp3) is 0.643. The van der Waals surface area contributed by atoms with Crippen LogP contribution in [0.1, 0.15) is 55.2 Å². The summed E-state index contributed by atoms with van der Waals surface area (Å²) in [7, 11) is 0. The van der Waals surface area contributed by atoms with Gasteiger partial charge in [0.05, 0.1) is 0 Å². The van der Waals surface area contributed by atoms with Gasteiger partial charge < -0.3 is 10.4 Å². The molecule has 0 bridgehead atoms. The van der Waals surface area contributed by atoms with Gasteiger partial charge in [0.1, 0.15) is 0 Å². The predicted octanol–water partition coefficient (Wildman–Crippen LogP) is 2.86. The van der Waals surface area contributed by atoms with Crippen molar-refractivity contribution in [3.05, 3.63) is 17.5 Å². The molecule has 0 aliphatic heterocycles. The molecule has 5 heteroatoms. The first-order chi connectivity index (χ1) is 9.04. The van der Waals surface area contributed by atoms with E-state index < -0.39 is 5.97 Å². The van der Waals surface area contributed by atoms with Crippen molar-refractivity contribution in [3.63, 3.8) is 0 Å². The van der Waals surface area contributed by atoms with Crippen LogP contribution in [-0.4, -0.2) is 27.1 Å². The Morgan fingerprint density at radius 2 is 2.11 bits per heavy atom. The SMILES string of the molecule is Cc1cc(C(=O)O)nc(NC2CCCC(C)CC2)n1. The molecule has 1 saturated carbocycles. The second-order valence-corrected chi connectivity index (χ2v) is 5.48. The van der Waals surface area contributed by atoms with Crippen molar-refractivity contribution in [2.24, 2.45) is 5.92 Å². The average Bonchev–Trinajstić information content (AvgIpc) is 2.54. The molecule has 19 heavy (non-hydrogen) atoms. The van der Waals surface area contributed by atoms with Gasteiger partial charge >= 0.3 is 5.97 Å². The zero-order valence-electron chi connectivity index (χ0n) is 11.5. The zero-order valence-corrected chi connectivity index (χ0v) is 11.5. The normalized spacial score (nSPS) is 23.7. The number of nitrogens with zero attached hydrogens (tertiary/aromatic N) is 2. The number of hydrogen-bond donors (Lipinski definition) is 2. The first kappa shape index (κ1) is 13.8. The molecular formula is C14H21N3O2. The van der Waals surface area contributed by atoms with Gasteiger partial charge in [0.15, 0.2) is 5.69 Å². The van der Waals surface area contributed by atoms with Crippen LogP contribution in [-0.2, 0) is 0 Å². The van der Waals surface area contributed by atoms with E-state index in [9.17, 15) is 4.79 Å². The second kappa shape index (κ2) is 5.99. The Balaban J connectivity index is 2.07. The third kappa shape index (κ3) is 3.91. The third-order valence-corrected chi connectivity index (χ3v) is 3.66. The van der Waals surface area contributed by atoms with E-state index in [2.05, 4.69) is 22.2 Å². The molecule has 0 radical (unpaired) electrons. The smallest absolute Gasteiger partial charge is 0.354 e. The van der Waals surface area contributed by atoms with Crippen molar-refractivity contribution in [1.29, 1.82) is 0 Å². The number of nitrogens with one attached hydrogen (secondary N) is 1. The Morgan fingerprint density at radius 1 is 1.32 bits per heavy atom. The van der Waals surface area contributed by atoms with Crippen LogP contribution in [0.2, 0.25) is 0 Å². The van der Waals surface area contributed by atoms with Crippen LogP contribution in [0.3, 0.4) is 0 Å². The minimum atomic E-state index is -1.01. The molecule has 1 aromatic heterocycles. The molecule has 0 spiro atoms. The number of carboxylic acid groups (broad SMARTS) is 1. The number of rotatable bonds is 3. The van der Waals surface area contributed by atoms with Crippen molar-refractivity contribution < 1.29 is 9.90 Å². The lowest BCUT2D eigenvalue weighted by Gasteiger charge is -2.16. The van der Waals surface area contributed by atoms with Gasteiger partial charge in [-0.1, -0.05) is 19.8 Å². The lowest BCUT2D eigenvalue weighted by atomic mass is 10.0. The Kier molecular flexibility index (Phi) is 4.35. The molecule has 0 saturated heterocycles. The summed E-state index contributed by atoms with van der Waals surface area (Å²) in [6.07, 6.45) is 5.88. The summed E-state index contributed by atoms with van der Waals surface area (Å²) in [5.74, 6) is 0.208. The fourth-order valence-corrected chi connectivity index (χ4v) is 2.56. The summed E-state index contributed by atoms with van der Waals surface area (Å²) in [6.45, 7) is 4.07. The molecule has 0 amide bonds.